The fraction of sp³-hybridized carbons (Fsp3) is 0. The largest absolute Gasteiger partial charge is 0.311 e. The summed E-state index contributed by atoms with van der Waals surface area (Å²) in [6.45, 7) is 0. The van der Waals surface area contributed by atoms with E-state index in [1.165, 1.54) is 21.7 Å². The third-order valence-corrected chi connectivity index (χ3v) is 11.5. The summed E-state index contributed by atoms with van der Waals surface area (Å²) in [7, 11) is 0. The lowest BCUT2D eigenvalue weighted by atomic mass is 9.94. The summed E-state index contributed by atoms with van der Waals surface area (Å²) in [5.74, 6) is 0.675. The van der Waals surface area contributed by atoms with Gasteiger partial charge in [-0.1, -0.05) is 182 Å². The van der Waals surface area contributed by atoms with Gasteiger partial charge in [-0.3, -0.25) is 0 Å². The highest BCUT2D eigenvalue weighted by Gasteiger charge is 2.18. The Morgan fingerprint density at radius 2 is 0.787 bits per heavy atom. The van der Waals surface area contributed by atoms with Gasteiger partial charge in [-0.15, -0.1) is 0 Å². The Kier molecular flexibility index (Phi) is 9.14. The Bertz CT molecular complexity index is 3280. The van der Waals surface area contributed by atoms with Crippen molar-refractivity contribution in [2.45, 2.75) is 0 Å². The maximum Gasteiger partial charge on any atom is 0.160 e. The lowest BCUT2D eigenvalue weighted by molar-refractivity contribution is 1.18. The zero-order valence-corrected chi connectivity index (χ0v) is 33.2. The summed E-state index contributed by atoms with van der Waals surface area (Å²) >= 11 is 0. The number of aromatic nitrogens is 3. The molecule has 0 aliphatic heterocycles. The van der Waals surface area contributed by atoms with Crippen LogP contribution in [0.3, 0.4) is 0 Å². The number of hydrogen-bond acceptors (Lipinski definition) is 4. The van der Waals surface area contributed by atoms with Gasteiger partial charge in [0.15, 0.2) is 5.82 Å². The van der Waals surface area contributed by atoms with Crippen molar-refractivity contribution in [1.29, 1.82) is 0 Å². The van der Waals surface area contributed by atoms with Crippen LogP contribution in [-0.4, -0.2) is 15.0 Å². The number of benzene rings is 9. The standard InChI is InChI=1S/C57H38N4/c1-5-15-39(16-6-1)40-25-27-44(28-26-40)57-59-52(42-18-7-2-8-19-42)38-53(60-57)45-32-35-50-54(37-45)58-56(51-36-31-41-17-13-14-24-49(41)55(50)51)43-29-33-48(34-30-43)61(46-20-9-3-10-21-46)47-22-11-4-12-23-47/h1-38H. The molecular formula is C57H38N4. The van der Waals surface area contributed by atoms with Crippen LogP contribution >= 0.6 is 0 Å². The van der Waals surface area contributed by atoms with Crippen LogP contribution in [0.5, 0.6) is 0 Å². The maximum atomic E-state index is 5.50. The van der Waals surface area contributed by atoms with Crippen LogP contribution in [0.4, 0.5) is 17.1 Å². The van der Waals surface area contributed by atoms with Gasteiger partial charge in [-0.05, 0) is 70.4 Å². The van der Waals surface area contributed by atoms with Crippen molar-refractivity contribution < 1.29 is 0 Å². The van der Waals surface area contributed by atoms with Crippen LogP contribution in [0.15, 0.2) is 231 Å². The summed E-state index contributed by atoms with van der Waals surface area (Å²) in [6.07, 6.45) is 0. The molecule has 2 aromatic heterocycles. The molecule has 0 fully saturated rings. The second-order valence-electron chi connectivity index (χ2n) is 15.2. The molecule has 2 heterocycles. The molecule has 0 bridgehead atoms. The van der Waals surface area contributed by atoms with Crippen molar-refractivity contribution in [3.63, 3.8) is 0 Å². The molecule has 0 aliphatic carbocycles. The molecule has 0 amide bonds. The van der Waals surface area contributed by atoms with Crippen molar-refractivity contribution in [3.8, 4) is 56.3 Å². The fourth-order valence-corrected chi connectivity index (χ4v) is 8.45. The third kappa shape index (κ3) is 6.86. The van der Waals surface area contributed by atoms with Crippen molar-refractivity contribution in [1.82, 2.24) is 15.0 Å². The highest BCUT2D eigenvalue weighted by Crippen LogP contribution is 2.41. The van der Waals surface area contributed by atoms with E-state index in [2.05, 4.69) is 223 Å². The van der Waals surface area contributed by atoms with Gasteiger partial charge in [-0.25, -0.2) is 15.0 Å². The predicted molar refractivity (Wildman–Crippen MR) is 254 cm³/mol. The Morgan fingerprint density at radius 1 is 0.295 bits per heavy atom. The van der Waals surface area contributed by atoms with Gasteiger partial charge in [0.05, 0.1) is 22.6 Å². The van der Waals surface area contributed by atoms with Crippen LogP contribution in [-0.2, 0) is 0 Å². The normalized spacial score (nSPS) is 11.3. The molecule has 4 nitrogen and oxygen atoms in total. The summed E-state index contributed by atoms with van der Waals surface area (Å²) in [5.41, 5.74) is 13.2. The predicted octanol–water partition coefficient (Wildman–Crippen LogP) is 15.1. The van der Waals surface area contributed by atoms with Gasteiger partial charge in [0.2, 0.25) is 0 Å². The van der Waals surface area contributed by atoms with E-state index in [0.29, 0.717) is 5.82 Å². The first-order valence-corrected chi connectivity index (χ1v) is 20.6. The number of hydrogen-bond donors (Lipinski definition) is 0. The van der Waals surface area contributed by atoms with Gasteiger partial charge in [0.1, 0.15) is 0 Å². The topological polar surface area (TPSA) is 41.9 Å². The molecule has 0 atom stereocenters. The number of fused-ring (bicyclic) bond motifs is 5. The van der Waals surface area contributed by atoms with E-state index in [9.17, 15) is 0 Å². The Hall–Kier alpha value is -8.21. The van der Waals surface area contributed by atoms with Crippen LogP contribution in [0.1, 0.15) is 0 Å². The highest BCUT2D eigenvalue weighted by molar-refractivity contribution is 6.22. The van der Waals surface area contributed by atoms with Crippen molar-refractivity contribution in [2.24, 2.45) is 0 Å². The molecule has 61 heavy (non-hydrogen) atoms. The van der Waals surface area contributed by atoms with Gasteiger partial charge in [0, 0.05) is 55.5 Å². The number of pyridine rings is 1. The van der Waals surface area contributed by atoms with E-state index in [-0.39, 0.29) is 0 Å². The molecule has 4 heteroatoms. The molecule has 9 aromatic carbocycles. The van der Waals surface area contributed by atoms with E-state index in [0.717, 1.165) is 78.3 Å². The van der Waals surface area contributed by atoms with Crippen LogP contribution in [0.2, 0.25) is 0 Å². The van der Waals surface area contributed by atoms with Gasteiger partial charge in [0.25, 0.3) is 0 Å². The number of rotatable bonds is 8. The Balaban J connectivity index is 1.06. The minimum atomic E-state index is 0.675. The number of para-hydroxylation sites is 2. The SMILES string of the molecule is c1ccc(-c2ccc(-c3nc(-c4ccccc4)cc(-c4ccc5c(c4)nc(-c4ccc(N(c6ccccc6)c6ccccc6)cc4)c4ccc6ccccc6c45)n3)cc2)cc1. The van der Waals surface area contributed by atoms with E-state index >= 15 is 0 Å². The summed E-state index contributed by atoms with van der Waals surface area (Å²) in [5, 5.41) is 5.80. The zero-order valence-electron chi connectivity index (χ0n) is 33.2. The number of nitrogens with zero attached hydrogens (tertiary/aromatic N) is 4. The number of anilines is 3. The van der Waals surface area contributed by atoms with Crippen molar-refractivity contribution in [2.75, 3.05) is 4.90 Å². The lowest BCUT2D eigenvalue weighted by Crippen LogP contribution is -2.09. The molecule has 0 N–H and O–H groups in total. The molecular weight excluding hydrogens is 741 g/mol. The molecule has 0 radical (unpaired) electrons. The van der Waals surface area contributed by atoms with Crippen molar-refractivity contribution in [3.05, 3.63) is 231 Å². The molecule has 286 valence electrons. The second-order valence-corrected chi connectivity index (χ2v) is 15.2. The fourth-order valence-electron chi connectivity index (χ4n) is 8.45. The zero-order chi connectivity index (χ0) is 40.5. The highest BCUT2D eigenvalue weighted by atomic mass is 15.1. The average molecular weight is 779 g/mol. The smallest absolute Gasteiger partial charge is 0.160 e. The van der Waals surface area contributed by atoms with E-state index in [1.54, 1.807) is 0 Å². The lowest BCUT2D eigenvalue weighted by Gasteiger charge is -2.25. The minimum Gasteiger partial charge on any atom is -0.311 e. The first-order chi connectivity index (χ1) is 30.2. The minimum absolute atomic E-state index is 0.675. The van der Waals surface area contributed by atoms with Crippen LogP contribution < -0.4 is 4.90 Å². The van der Waals surface area contributed by atoms with E-state index in [4.69, 9.17) is 15.0 Å². The molecule has 11 rings (SSSR count). The monoisotopic (exact) mass is 778 g/mol. The second kappa shape index (κ2) is 15.5. The first kappa shape index (κ1) is 35.9. The first-order valence-electron chi connectivity index (χ1n) is 20.6. The molecule has 0 saturated heterocycles. The van der Waals surface area contributed by atoms with Crippen molar-refractivity contribution >= 4 is 49.5 Å². The molecule has 0 aliphatic rings. The maximum absolute atomic E-state index is 5.50. The van der Waals surface area contributed by atoms with Gasteiger partial charge < -0.3 is 4.90 Å². The summed E-state index contributed by atoms with van der Waals surface area (Å²) in [6, 6.07) is 80.9. The van der Waals surface area contributed by atoms with E-state index < -0.39 is 0 Å². The van der Waals surface area contributed by atoms with Gasteiger partial charge in [-0.2, -0.15) is 0 Å². The Labute approximate surface area is 354 Å². The van der Waals surface area contributed by atoms with E-state index in [1.807, 2.05) is 12.1 Å². The van der Waals surface area contributed by atoms with Crippen LogP contribution in [0.25, 0.3) is 88.7 Å². The summed E-state index contributed by atoms with van der Waals surface area (Å²) < 4.78 is 0. The Morgan fingerprint density at radius 3 is 1.46 bits per heavy atom. The molecule has 0 unspecified atom stereocenters. The van der Waals surface area contributed by atoms with Gasteiger partial charge >= 0.3 is 0 Å². The molecule has 11 aromatic rings. The molecule has 0 spiro atoms. The average Bonchev–Trinajstić information content (AvgIpc) is 3.35. The summed E-state index contributed by atoms with van der Waals surface area (Å²) in [4.78, 5) is 18.1. The molecule has 0 saturated carbocycles. The van der Waals surface area contributed by atoms with Crippen LogP contribution in [0, 0.1) is 0 Å². The third-order valence-electron chi connectivity index (χ3n) is 11.5. The quantitative estimate of drug-likeness (QED) is 0.144.